The highest BCUT2D eigenvalue weighted by Gasteiger charge is 2.31. The van der Waals surface area contributed by atoms with Crippen molar-refractivity contribution in [2.24, 2.45) is 0 Å². The summed E-state index contributed by atoms with van der Waals surface area (Å²) in [5.41, 5.74) is 1.03. The Kier molecular flexibility index (Phi) is 3.83. The minimum atomic E-state index is -0.844. The minimum Gasteiger partial charge on any atom is -0.481 e. The molecule has 1 aliphatic rings. The monoisotopic (exact) mass is 304 g/mol. The largest absolute Gasteiger partial charge is 0.481 e. The molecule has 7 heteroatoms. The number of carbonyl (C=O) groups is 1. The maximum Gasteiger partial charge on any atom is 0.313 e. The fraction of sp³-hybridized carbons (Fsp3) is 0.357. The van der Waals surface area contributed by atoms with Crippen molar-refractivity contribution in [2.75, 3.05) is 17.7 Å². The van der Waals surface area contributed by atoms with Crippen molar-refractivity contribution in [3.05, 3.63) is 30.3 Å². The lowest BCUT2D eigenvalue weighted by Gasteiger charge is -2.19. The number of anilines is 2. The van der Waals surface area contributed by atoms with Crippen LogP contribution in [0.4, 0.5) is 11.6 Å². The van der Waals surface area contributed by atoms with Gasteiger partial charge in [-0.15, -0.1) is 10.2 Å². The Balaban J connectivity index is 1.90. The van der Waals surface area contributed by atoms with Crippen LogP contribution in [0, 0.1) is 0 Å². The Hall–Kier alpha value is -2.02. The van der Waals surface area contributed by atoms with E-state index in [4.69, 9.17) is 5.11 Å². The van der Waals surface area contributed by atoms with Crippen LogP contribution >= 0.6 is 11.8 Å². The van der Waals surface area contributed by atoms with E-state index in [0.717, 1.165) is 24.5 Å². The van der Waals surface area contributed by atoms with Crippen LogP contribution < -0.4 is 4.90 Å². The molecule has 0 bridgehead atoms. The molecular weight excluding hydrogens is 288 g/mol. The summed E-state index contributed by atoms with van der Waals surface area (Å²) in [5, 5.41) is 17.9. The Morgan fingerprint density at radius 1 is 1.38 bits per heavy atom. The van der Waals surface area contributed by atoms with Crippen LogP contribution in [0.2, 0.25) is 0 Å². The maximum atomic E-state index is 10.7. The zero-order valence-electron chi connectivity index (χ0n) is 11.6. The van der Waals surface area contributed by atoms with Gasteiger partial charge >= 0.3 is 5.97 Å². The van der Waals surface area contributed by atoms with Crippen LogP contribution in [0.3, 0.4) is 0 Å². The highest BCUT2D eigenvalue weighted by atomic mass is 32.2. The Morgan fingerprint density at radius 2 is 2.10 bits per heavy atom. The number of thioether (sulfide) groups is 1. The molecule has 0 amide bonds. The first-order chi connectivity index (χ1) is 10.2. The summed E-state index contributed by atoms with van der Waals surface area (Å²) >= 11 is 1.22. The van der Waals surface area contributed by atoms with Crippen LogP contribution in [0.15, 0.2) is 35.5 Å². The summed E-state index contributed by atoms with van der Waals surface area (Å²) in [6.07, 6.45) is 2.18. The maximum absolute atomic E-state index is 10.7. The molecular formula is C14H16N4O2S. The van der Waals surface area contributed by atoms with E-state index < -0.39 is 5.97 Å². The predicted octanol–water partition coefficient (Wildman–Crippen LogP) is 2.56. The van der Waals surface area contributed by atoms with Gasteiger partial charge in [-0.3, -0.25) is 9.36 Å². The summed E-state index contributed by atoms with van der Waals surface area (Å²) in [7, 11) is 1.95. The average Bonchev–Trinajstić information content (AvgIpc) is 3.25. The van der Waals surface area contributed by atoms with Gasteiger partial charge in [-0.25, -0.2) is 0 Å². The van der Waals surface area contributed by atoms with Gasteiger partial charge in [-0.2, -0.15) is 0 Å². The highest BCUT2D eigenvalue weighted by Crippen LogP contribution is 2.41. The van der Waals surface area contributed by atoms with Crippen LogP contribution in [0.1, 0.15) is 18.9 Å². The van der Waals surface area contributed by atoms with Gasteiger partial charge in [0.25, 0.3) is 0 Å². The molecule has 3 rings (SSSR count). The number of aromatic nitrogens is 3. The van der Waals surface area contributed by atoms with Gasteiger partial charge in [0.05, 0.1) is 5.75 Å². The number of rotatable bonds is 6. The molecule has 1 aromatic carbocycles. The van der Waals surface area contributed by atoms with Crippen molar-refractivity contribution in [2.45, 2.75) is 24.0 Å². The molecule has 0 atom stereocenters. The van der Waals surface area contributed by atoms with Crippen molar-refractivity contribution in [3.8, 4) is 0 Å². The number of benzene rings is 1. The van der Waals surface area contributed by atoms with Crippen molar-refractivity contribution in [1.82, 2.24) is 14.8 Å². The van der Waals surface area contributed by atoms with Crippen LogP contribution in [-0.2, 0) is 4.79 Å². The molecule has 110 valence electrons. The molecule has 0 saturated heterocycles. The average molecular weight is 304 g/mol. The molecule has 21 heavy (non-hydrogen) atoms. The Morgan fingerprint density at radius 3 is 2.71 bits per heavy atom. The molecule has 0 spiro atoms. The summed E-state index contributed by atoms with van der Waals surface area (Å²) in [6, 6.07) is 10.3. The molecule has 1 aliphatic carbocycles. The molecule has 0 unspecified atom stereocenters. The lowest BCUT2D eigenvalue weighted by atomic mass is 10.3. The second kappa shape index (κ2) is 5.77. The highest BCUT2D eigenvalue weighted by molar-refractivity contribution is 7.99. The van der Waals surface area contributed by atoms with Gasteiger partial charge in [0.1, 0.15) is 0 Å². The minimum absolute atomic E-state index is 0.0000946. The van der Waals surface area contributed by atoms with Gasteiger partial charge in [-0.05, 0) is 25.0 Å². The summed E-state index contributed by atoms with van der Waals surface area (Å²) in [4.78, 5) is 12.7. The number of nitrogens with zero attached hydrogens (tertiary/aromatic N) is 4. The van der Waals surface area contributed by atoms with Gasteiger partial charge in [0.2, 0.25) is 5.95 Å². The predicted molar refractivity (Wildman–Crippen MR) is 81.2 cm³/mol. The first-order valence-corrected chi connectivity index (χ1v) is 7.73. The second-order valence-corrected chi connectivity index (χ2v) is 5.90. The van der Waals surface area contributed by atoms with E-state index in [-0.39, 0.29) is 5.75 Å². The fourth-order valence-electron chi connectivity index (χ4n) is 2.14. The lowest BCUT2D eigenvalue weighted by molar-refractivity contribution is -0.133. The van der Waals surface area contributed by atoms with Crippen LogP contribution in [-0.4, -0.2) is 38.6 Å². The fourth-order valence-corrected chi connectivity index (χ4v) is 2.86. The third kappa shape index (κ3) is 3.02. The van der Waals surface area contributed by atoms with E-state index in [0.29, 0.717) is 11.2 Å². The summed E-state index contributed by atoms with van der Waals surface area (Å²) < 4.78 is 2.06. The second-order valence-electron chi connectivity index (χ2n) is 4.96. The van der Waals surface area contributed by atoms with E-state index in [1.54, 1.807) is 0 Å². The molecule has 1 aromatic heterocycles. The van der Waals surface area contributed by atoms with Crippen molar-refractivity contribution >= 4 is 29.4 Å². The zero-order valence-corrected chi connectivity index (χ0v) is 12.5. The van der Waals surface area contributed by atoms with E-state index in [1.165, 1.54) is 11.8 Å². The number of carboxylic acid groups (broad SMARTS) is 1. The smallest absolute Gasteiger partial charge is 0.313 e. The van der Waals surface area contributed by atoms with Crippen molar-refractivity contribution in [3.63, 3.8) is 0 Å². The van der Waals surface area contributed by atoms with E-state index in [2.05, 4.69) is 14.8 Å². The van der Waals surface area contributed by atoms with E-state index in [1.807, 2.05) is 42.3 Å². The van der Waals surface area contributed by atoms with Gasteiger partial charge in [0, 0.05) is 18.8 Å². The number of carboxylic acids is 1. The zero-order chi connectivity index (χ0) is 14.8. The van der Waals surface area contributed by atoms with Gasteiger partial charge in [0.15, 0.2) is 5.16 Å². The normalized spacial score (nSPS) is 14.1. The third-order valence-corrected chi connectivity index (χ3v) is 4.25. The molecule has 1 fully saturated rings. The first-order valence-electron chi connectivity index (χ1n) is 6.75. The number of para-hydroxylation sites is 1. The van der Waals surface area contributed by atoms with Crippen molar-refractivity contribution < 1.29 is 9.90 Å². The number of hydrogen-bond acceptors (Lipinski definition) is 5. The molecule has 6 nitrogen and oxygen atoms in total. The summed E-state index contributed by atoms with van der Waals surface area (Å²) in [5.74, 6) is -0.0835. The van der Waals surface area contributed by atoms with Crippen LogP contribution in [0.25, 0.3) is 0 Å². The topological polar surface area (TPSA) is 71.2 Å². The number of hydrogen-bond donors (Lipinski definition) is 1. The van der Waals surface area contributed by atoms with Crippen molar-refractivity contribution in [1.29, 1.82) is 0 Å². The summed E-state index contributed by atoms with van der Waals surface area (Å²) in [6.45, 7) is 0. The lowest BCUT2D eigenvalue weighted by Crippen LogP contribution is -2.15. The molecule has 2 aromatic rings. The first kappa shape index (κ1) is 13.9. The Labute approximate surface area is 126 Å². The van der Waals surface area contributed by atoms with Crippen LogP contribution in [0.5, 0.6) is 0 Å². The molecule has 1 saturated carbocycles. The molecule has 0 radical (unpaired) electrons. The van der Waals surface area contributed by atoms with E-state index in [9.17, 15) is 4.79 Å². The quantitative estimate of drug-likeness (QED) is 0.827. The standard InChI is InChI=1S/C14H16N4O2S/c1-17(10-5-3-2-4-6-10)13-15-16-14(21-9-12(19)20)18(13)11-7-8-11/h2-6,11H,7-9H2,1H3,(H,19,20). The SMILES string of the molecule is CN(c1ccccc1)c1nnc(SCC(=O)O)n1C1CC1. The van der Waals surface area contributed by atoms with Gasteiger partial charge < -0.3 is 10.0 Å². The Bertz CT molecular complexity index is 640. The third-order valence-electron chi connectivity index (χ3n) is 3.33. The molecule has 1 N–H and O–H groups in total. The molecule has 0 aliphatic heterocycles. The van der Waals surface area contributed by atoms with Gasteiger partial charge in [-0.1, -0.05) is 30.0 Å². The molecule has 1 heterocycles. The van der Waals surface area contributed by atoms with E-state index >= 15 is 0 Å². The number of aliphatic carboxylic acids is 1.